The van der Waals surface area contributed by atoms with Crippen LogP contribution >= 0.6 is 0 Å². The molecule has 0 unspecified atom stereocenters. The van der Waals surface area contributed by atoms with E-state index in [2.05, 4.69) is 48.3 Å². The van der Waals surface area contributed by atoms with Crippen molar-refractivity contribution in [3.8, 4) is 0 Å². The van der Waals surface area contributed by atoms with Crippen molar-refractivity contribution in [2.45, 2.75) is 51.2 Å². The Balaban J connectivity index is 1.58. The third-order valence-electron chi connectivity index (χ3n) is 5.59. The van der Waals surface area contributed by atoms with Crippen LogP contribution in [0.15, 0.2) is 36.7 Å². The predicted molar refractivity (Wildman–Crippen MR) is 110 cm³/mol. The minimum atomic E-state index is -1.30. The van der Waals surface area contributed by atoms with Gasteiger partial charge in [0.2, 0.25) is 0 Å². The molecule has 2 N–H and O–H groups in total. The fraction of sp³-hybridized carbons (Fsp3) is 0.545. The molecule has 3 rings (SSSR count). The van der Waals surface area contributed by atoms with E-state index < -0.39 is 5.60 Å². The van der Waals surface area contributed by atoms with E-state index in [1.807, 2.05) is 18.1 Å². The third-order valence-corrected chi connectivity index (χ3v) is 5.59. The van der Waals surface area contributed by atoms with Gasteiger partial charge in [0.1, 0.15) is 0 Å². The number of H-pyrrole nitrogens is 1. The molecule has 1 aromatic carbocycles. The standard InChI is InChI=1S/C22H32N4O2/c1-17(2)20-7-5-18(6-8-20)15-26-11-4-10-22(28,21(26)27)16-25(3)12-9-19-13-23-24-14-19/h5-8,13-14,17,28H,4,9-12,15-16H2,1-3H3,(H,23,24)/t22-/m1/s1. The number of aromatic amines is 1. The monoisotopic (exact) mass is 384 g/mol. The summed E-state index contributed by atoms with van der Waals surface area (Å²) in [4.78, 5) is 16.9. The van der Waals surface area contributed by atoms with Crippen LogP contribution < -0.4 is 0 Å². The van der Waals surface area contributed by atoms with Gasteiger partial charge in [-0.05, 0) is 48.9 Å². The molecule has 1 amide bonds. The number of piperidine rings is 1. The number of benzene rings is 1. The van der Waals surface area contributed by atoms with E-state index in [4.69, 9.17) is 0 Å². The molecule has 1 saturated heterocycles. The first kappa shape index (κ1) is 20.6. The maximum atomic E-state index is 13.0. The Bertz CT molecular complexity index is 757. The highest BCUT2D eigenvalue weighted by molar-refractivity contribution is 5.86. The van der Waals surface area contributed by atoms with E-state index >= 15 is 0 Å². The molecule has 0 aliphatic carbocycles. The summed E-state index contributed by atoms with van der Waals surface area (Å²) >= 11 is 0. The van der Waals surface area contributed by atoms with Gasteiger partial charge in [0.25, 0.3) is 5.91 Å². The van der Waals surface area contributed by atoms with Crippen LogP contribution in [-0.2, 0) is 17.8 Å². The summed E-state index contributed by atoms with van der Waals surface area (Å²) < 4.78 is 0. The Hall–Kier alpha value is -2.18. The molecule has 0 saturated carbocycles. The summed E-state index contributed by atoms with van der Waals surface area (Å²) in [5.74, 6) is 0.343. The van der Waals surface area contributed by atoms with Crippen molar-refractivity contribution in [2.75, 3.05) is 26.7 Å². The summed E-state index contributed by atoms with van der Waals surface area (Å²) in [6.45, 7) is 6.72. The second-order valence-electron chi connectivity index (χ2n) is 8.35. The Morgan fingerprint density at radius 2 is 2.04 bits per heavy atom. The van der Waals surface area contributed by atoms with Crippen molar-refractivity contribution in [2.24, 2.45) is 0 Å². The van der Waals surface area contributed by atoms with Gasteiger partial charge < -0.3 is 14.9 Å². The minimum absolute atomic E-state index is 0.151. The Morgan fingerprint density at radius 1 is 1.29 bits per heavy atom. The molecule has 0 bridgehead atoms. The van der Waals surface area contributed by atoms with E-state index in [-0.39, 0.29) is 5.91 Å². The van der Waals surface area contributed by atoms with Gasteiger partial charge in [-0.2, -0.15) is 5.10 Å². The van der Waals surface area contributed by atoms with Crippen LogP contribution in [0.3, 0.4) is 0 Å². The van der Waals surface area contributed by atoms with Gasteiger partial charge in [-0.15, -0.1) is 0 Å². The second kappa shape index (κ2) is 8.88. The number of amides is 1. The average Bonchev–Trinajstić information content (AvgIpc) is 3.18. The molecule has 6 nitrogen and oxygen atoms in total. The molecule has 1 atom stereocenters. The lowest BCUT2D eigenvalue weighted by atomic mass is 9.90. The molecule has 2 heterocycles. The van der Waals surface area contributed by atoms with Crippen LogP contribution in [0.25, 0.3) is 0 Å². The van der Waals surface area contributed by atoms with Crippen molar-refractivity contribution >= 4 is 5.91 Å². The van der Waals surface area contributed by atoms with Gasteiger partial charge in [-0.3, -0.25) is 9.89 Å². The van der Waals surface area contributed by atoms with Crippen LogP contribution in [0.5, 0.6) is 0 Å². The summed E-state index contributed by atoms with van der Waals surface area (Å²) in [5, 5.41) is 17.8. The lowest BCUT2D eigenvalue weighted by molar-refractivity contribution is -0.159. The Labute approximate surface area is 167 Å². The highest BCUT2D eigenvalue weighted by Gasteiger charge is 2.42. The van der Waals surface area contributed by atoms with Crippen molar-refractivity contribution in [1.29, 1.82) is 0 Å². The molecular weight excluding hydrogens is 352 g/mol. The normalized spacial score (nSPS) is 20.4. The van der Waals surface area contributed by atoms with Crippen molar-refractivity contribution < 1.29 is 9.90 Å². The Morgan fingerprint density at radius 3 is 2.68 bits per heavy atom. The fourth-order valence-corrected chi connectivity index (χ4v) is 3.85. The largest absolute Gasteiger partial charge is 0.379 e. The van der Waals surface area contributed by atoms with Gasteiger partial charge in [-0.1, -0.05) is 38.1 Å². The molecule has 28 heavy (non-hydrogen) atoms. The molecule has 6 heteroatoms. The van der Waals surface area contributed by atoms with Gasteiger partial charge in [0.05, 0.1) is 6.20 Å². The van der Waals surface area contributed by atoms with E-state index in [0.29, 0.717) is 32.0 Å². The maximum absolute atomic E-state index is 13.0. The van der Waals surface area contributed by atoms with Crippen LogP contribution in [0, 0.1) is 0 Å². The van der Waals surface area contributed by atoms with E-state index in [1.165, 1.54) is 5.56 Å². The van der Waals surface area contributed by atoms with Crippen molar-refractivity contribution in [1.82, 2.24) is 20.0 Å². The highest BCUT2D eigenvalue weighted by Crippen LogP contribution is 2.25. The third kappa shape index (κ3) is 5.00. The lowest BCUT2D eigenvalue weighted by Gasteiger charge is -2.40. The zero-order valence-corrected chi connectivity index (χ0v) is 17.2. The lowest BCUT2D eigenvalue weighted by Crippen LogP contribution is -2.58. The molecule has 152 valence electrons. The first-order chi connectivity index (χ1) is 13.4. The molecule has 2 aromatic rings. The molecule has 1 aliphatic heterocycles. The number of nitrogens with one attached hydrogen (secondary N) is 1. The first-order valence-electron chi connectivity index (χ1n) is 10.1. The van der Waals surface area contributed by atoms with Crippen LogP contribution in [0.2, 0.25) is 0 Å². The number of carbonyl (C=O) groups is 1. The predicted octanol–water partition coefficient (Wildman–Crippen LogP) is 2.56. The molecule has 0 radical (unpaired) electrons. The maximum Gasteiger partial charge on any atom is 0.256 e. The number of likely N-dealkylation sites (tertiary alicyclic amines) is 1. The van der Waals surface area contributed by atoms with E-state index in [0.717, 1.165) is 30.5 Å². The summed E-state index contributed by atoms with van der Waals surface area (Å²) in [6.07, 6.45) is 5.86. The van der Waals surface area contributed by atoms with Gasteiger partial charge in [-0.25, -0.2) is 0 Å². The number of aromatic nitrogens is 2. The number of aliphatic hydroxyl groups is 1. The van der Waals surface area contributed by atoms with Crippen LogP contribution in [0.4, 0.5) is 0 Å². The number of hydrogen-bond acceptors (Lipinski definition) is 4. The van der Waals surface area contributed by atoms with Crippen LogP contribution in [0.1, 0.15) is 49.3 Å². The molecular formula is C22H32N4O2. The van der Waals surface area contributed by atoms with E-state index in [1.54, 1.807) is 11.1 Å². The highest BCUT2D eigenvalue weighted by atomic mass is 16.3. The summed E-state index contributed by atoms with van der Waals surface area (Å²) in [7, 11) is 1.95. The zero-order valence-electron chi connectivity index (χ0n) is 17.2. The van der Waals surface area contributed by atoms with Crippen LogP contribution in [-0.4, -0.2) is 63.3 Å². The summed E-state index contributed by atoms with van der Waals surface area (Å²) in [6, 6.07) is 8.44. The molecule has 0 spiro atoms. The Kier molecular flexibility index (Phi) is 6.52. The molecule has 1 fully saturated rings. The number of likely N-dealkylation sites (N-methyl/N-ethyl adjacent to an activating group) is 1. The number of nitrogens with zero attached hydrogens (tertiary/aromatic N) is 3. The second-order valence-corrected chi connectivity index (χ2v) is 8.35. The van der Waals surface area contributed by atoms with E-state index in [9.17, 15) is 9.90 Å². The minimum Gasteiger partial charge on any atom is -0.379 e. The number of hydrogen-bond donors (Lipinski definition) is 2. The smallest absolute Gasteiger partial charge is 0.256 e. The zero-order chi connectivity index (χ0) is 20.1. The summed E-state index contributed by atoms with van der Waals surface area (Å²) in [5.41, 5.74) is 2.22. The van der Waals surface area contributed by atoms with Gasteiger partial charge in [0, 0.05) is 32.4 Å². The molecule has 1 aromatic heterocycles. The molecule has 1 aliphatic rings. The SMILES string of the molecule is CC(C)c1ccc(CN2CCC[C@@](O)(CN(C)CCc3cn[nH]c3)C2=O)cc1. The fourth-order valence-electron chi connectivity index (χ4n) is 3.85. The average molecular weight is 385 g/mol. The van der Waals surface area contributed by atoms with Gasteiger partial charge in [0.15, 0.2) is 5.60 Å². The quantitative estimate of drug-likeness (QED) is 0.734. The topological polar surface area (TPSA) is 72.5 Å². The van der Waals surface area contributed by atoms with Crippen molar-refractivity contribution in [3.63, 3.8) is 0 Å². The van der Waals surface area contributed by atoms with Gasteiger partial charge >= 0.3 is 0 Å². The first-order valence-corrected chi connectivity index (χ1v) is 10.1. The van der Waals surface area contributed by atoms with Crippen molar-refractivity contribution in [3.05, 3.63) is 53.3 Å². The number of carbonyl (C=O) groups excluding carboxylic acids is 1. The number of rotatable bonds is 8.